The van der Waals surface area contributed by atoms with Gasteiger partial charge in [0, 0.05) is 18.3 Å². The third kappa shape index (κ3) is 3.68. The lowest BCUT2D eigenvalue weighted by atomic mass is 10.1. The molecule has 2 aromatic heterocycles. The molecule has 1 aliphatic rings. The van der Waals surface area contributed by atoms with E-state index in [0.29, 0.717) is 27.1 Å². The number of hydrogen-bond acceptors (Lipinski definition) is 2. The molecule has 0 saturated heterocycles. The highest BCUT2D eigenvalue weighted by molar-refractivity contribution is 6.39. The lowest BCUT2D eigenvalue weighted by Crippen LogP contribution is -1.95. The van der Waals surface area contributed by atoms with Crippen LogP contribution in [0.15, 0.2) is 55.0 Å². The van der Waals surface area contributed by atoms with Crippen molar-refractivity contribution in [2.75, 3.05) is 0 Å². The predicted octanol–water partition coefficient (Wildman–Crippen LogP) is 6.46. The first-order valence-corrected chi connectivity index (χ1v) is 10.2. The first-order chi connectivity index (χ1) is 14.1. The van der Waals surface area contributed by atoms with E-state index in [0.717, 1.165) is 29.4 Å². The summed E-state index contributed by atoms with van der Waals surface area (Å²) in [6, 6.07) is 11.6. The second-order valence-electron chi connectivity index (χ2n) is 7.31. The fourth-order valence-electron chi connectivity index (χ4n) is 3.41. The van der Waals surface area contributed by atoms with Crippen LogP contribution in [0.25, 0.3) is 34.0 Å². The van der Waals surface area contributed by atoms with Crippen LogP contribution < -0.4 is 0 Å². The molecule has 0 spiro atoms. The zero-order valence-corrected chi connectivity index (χ0v) is 16.9. The minimum Gasteiger partial charge on any atom is -0.336 e. The molecule has 0 bridgehead atoms. The molecule has 4 nitrogen and oxygen atoms in total. The van der Waals surface area contributed by atoms with Gasteiger partial charge < -0.3 is 9.55 Å². The van der Waals surface area contributed by atoms with Crippen LogP contribution in [0.4, 0.5) is 4.39 Å². The van der Waals surface area contributed by atoms with Crippen molar-refractivity contribution in [3.05, 3.63) is 70.9 Å². The van der Waals surface area contributed by atoms with E-state index >= 15 is 0 Å². The summed E-state index contributed by atoms with van der Waals surface area (Å²) in [6.07, 6.45) is 6.39. The number of nitrogens with zero attached hydrogens (tertiary/aromatic N) is 3. The van der Waals surface area contributed by atoms with Gasteiger partial charge in [-0.25, -0.2) is 14.4 Å². The number of imidazole rings is 2. The van der Waals surface area contributed by atoms with E-state index < -0.39 is 0 Å². The fourth-order valence-corrected chi connectivity index (χ4v) is 3.98. The van der Waals surface area contributed by atoms with Crippen molar-refractivity contribution in [3.63, 3.8) is 0 Å². The molecule has 2 heterocycles. The van der Waals surface area contributed by atoms with Crippen LogP contribution >= 0.6 is 23.2 Å². The van der Waals surface area contributed by atoms with Crippen LogP contribution in [-0.4, -0.2) is 19.5 Å². The van der Waals surface area contributed by atoms with Crippen molar-refractivity contribution in [3.8, 4) is 34.0 Å². The highest BCUT2D eigenvalue weighted by Gasteiger charge is 2.23. The van der Waals surface area contributed by atoms with Gasteiger partial charge in [0.25, 0.3) is 0 Å². The third-order valence-electron chi connectivity index (χ3n) is 5.08. The minimum absolute atomic E-state index is 0.297. The monoisotopic (exact) mass is 426 g/mol. The van der Waals surface area contributed by atoms with Gasteiger partial charge in [-0.3, -0.25) is 0 Å². The molecule has 2 aromatic carbocycles. The second kappa shape index (κ2) is 7.32. The molecule has 1 aliphatic carbocycles. The number of H-pyrrole nitrogens is 1. The zero-order valence-electron chi connectivity index (χ0n) is 15.4. The average molecular weight is 427 g/mol. The fraction of sp³-hybridized carbons (Fsp3) is 0.182. The Kier molecular flexibility index (Phi) is 4.64. The Morgan fingerprint density at radius 2 is 1.79 bits per heavy atom. The Balaban J connectivity index is 1.64. The molecule has 0 unspecified atom stereocenters. The number of benzene rings is 2. The highest BCUT2D eigenvalue weighted by Crippen LogP contribution is 2.38. The Morgan fingerprint density at radius 1 is 1.07 bits per heavy atom. The molecule has 4 aromatic rings. The number of nitrogens with one attached hydrogen (secondary N) is 1. The number of hydrogen-bond donors (Lipinski definition) is 1. The van der Waals surface area contributed by atoms with E-state index in [2.05, 4.69) is 14.5 Å². The van der Waals surface area contributed by atoms with E-state index in [-0.39, 0.29) is 5.82 Å². The van der Waals surface area contributed by atoms with Crippen molar-refractivity contribution >= 4 is 23.2 Å². The van der Waals surface area contributed by atoms with E-state index in [1.165, 1.54) is 25.0 Å². The van der Waals surface area contributed by atoms with Gasteiger partial charge in [0.05, 0.1) is 33.3 Å². The SMILES string of the molecule is Fc1ccc(-c2nc(-c3c(Cl)cccc3Cl)[nH]c2-c2cn(CC3CC3)cn2)cc1. The predicted molar refractivity (Wildman–Crippen MR) is 113 cm³/mol. The van der Waals surface area contributed by atoms with Gasteiger partial charge in [0.2, 0.25) is 0 Å². The van der Waals surface area contributed by atoms with Gasteiger partial charge in [0.1, 0.15) is 17.3 Å². The number of halogens is 3. The quantitative estimate of drug-likeness (QED) is 0.397. The van der Waals surface area contributed by atoms with Crippen LogP contribution in [0.3, 0.4) is 0 Å². The lowest BCUT2D eigenvalue weighted by Gasteiger charge is -2.02. The standard InChI is InChI=1S/C22H17Cl2FN4/c23-16-2-1-3-17(24)19(16)22-27-20(14-6-8-15(25)9-7-14)21(28-22)18-11-29(12-26-18)10-13-4-5-13/h1-3,6-9,11-13H,4-5,10H2,(H,27,28). The maximum Gasteiger partial charge on any atom is 0.141 e. The number of aromatic nitrogens is 4. The molecule has 29 heavy (non-hydrogen) atoms. The first-order valence-electron chi connectivity index (χ1n) is 9.41. The van der Waals surface area contributed by atoms with Crippen LogP contribution in [0, 0.1) is 11.7 Å². The van der Waals surface area contributed by atoms with Gasteiger partial charge >= 0.3 is 0 Å². The molecule has 1 fully saturated rings. The molecule has 7 heteroatoms. The van der Waals surface area contributed by atoms with Gasteiger partial charge in [-0.15, -0.1) is 0 Å². The normalized spacial score (nSPS) is 13.8. The van der Waals surface area contributed by atoms with Gasteiger partial charge in [-0.2, -0.15) is 0 Å². The minimum atomic E-state index is -0.297. The van der Waals surface area contributed by atoms with Crippen LogP contribution in [0.1, 0.15) is 12.8 Å². The summed E-state index contributed by atoms with van der Waals surface area (Å²) in [5.74, 6) is 0.994. The first kappa shape index (κ1) is 18.4. The van der Waals surface area contributed by atoms with E-state index in [1.54, 1.807) is 30.3 Å². The van der Waals surface area contributed by atoms with Crippen LogP contribution in [0.2, 0.25) is 10.0 Å². The van der Waals surface area contributed by atoms with E-state index in [9.17, 15) is 4.39 Å². The summed E-state index contributed by atoms with van der Waals surface area (Å²) in [6.45, 7) is 0.968. The molecule has 1 saturated carbocycles. The summed E-state index contributed by atoms with van der Waals surface area (Å²) in [5.41, 5.74) is 3.60. The van der Waals surface area contributed by atoms with Gasteiger partial charge in [-0.05, 0) is 55.2 Å². The molecule has 0 radical (unpaired) electrons. The smallest absolute Gasteiger partial charge is 0.141 e. The van der Waals surface area contributed by atoms with Crippen molar-refractivity contribution < 1.29 is 4.39 Å². The largest absolute Gasteiger partial charge is 0.336 e. The summed E-state index contributed by atoms with van der Waals surface area (Å²) in [7, 11) is 0. The highest BCUT2D eigenvalue weighted by atomic mass is 35.5. The van der Waals surface area contributed by atoms with Gasteiger partial charge in [-0.1, -0.05) is 29.3 Å². The number of aromatic amines is 1. The molecule has 0 atom stereocenters. The zero-order chi connectivity index (χ0) is 20.0. The van der Waals surface area contributed by atoms with Crippen LogP contribution in [0.5, 0.6) is 0 Å². The summed E-state index contributed by atoms with van der Waals surface area (Å²) < 4.78 is 15.6. The Morgan fingerprint density at radius 3 is 2.48 bits per heavy atom. The third-order valence-corrected chi connectivity index (χ3v) is 5.71. The topological polar surface area (TPSA) is 46.5 Å². The summed E-state index contributed by atoms with van der Waals surface area (Å²) >= 11 is 12.8. The summed E-state index contributed by atoms with van der Waals surface area (Å²) in [5, 5.41) is 1.01. The Bertz CT molecular complexity index is 1160. The molecule has 0 amide bonds. The van der Waals surface area contributed by atoms with E-state index in [1.807, 2.05) is 12.5 Å². The van der Waals surface area contributed by atoms with Crippen molar-refractivity contribution in [2.24, 2.45) is 5.92 Å². The average Bonchev–Trinajstić information content (AvgIpc) is 3.21. The van der Waals surface area contributed by atoms with E-state index in [4.69, 9.17) is 28.2 Å². The molecule has 0 aliphatic heterocycles. The van der Waals surface area contributed by atoms with Crippen molar-refractivity contribution in [2.45, 2.75) is 19.4 Å². The summed E-state index contributed by atoms with van der Waals surface area (Å²) in [4.78, 5) is 12.7. The van der Waals surface area contributed by atoms with Gasteiger partial charge in [0.15, 0.2) is 0 Å². The lowest BCUT2D eigenvalue weighted by molar-refractivity contribution is 0.626. The van der Waals surface area contributed by atoms with Crippen LogP contribution in [-0.2, 0) is 6.54 Å². The molecule has 5 rings (SSSR count). The Labute approximate surface area is 177 Å². The maximum absolute atomic E-state index is 13.5. The molecule has 146 valence electrons. The molecular formula is C22H17Cl2FN4. The molecule has 1 N–H and O–H groups in total. The van der Waals surface area contributed by atoms with Crippen molar-refractivity contribution in [1.82, 2.24) is 19.5 Å². The number of rotatable bonds is 5. The second-order valence-corrected chi connectivity index (χ2v) is 8.13. The maximum atomic E-state index is 13.5. The molecular weight excluding hydrogens is 410 g/mol. The van der Waals surface area contributed by atoms with Crippen molar-refractivity contribution in [1.29, 1.82) is 0 Å². The Hall–Kier alpha value is -2.63.